The van der Waals surface area contributed by atoms with Gasteiger partial charge in [0.15, 0.2) is 9.84 Å². The van der Waals surface area contributed by atoms with Gasteiger partial charge in [-0.15, -0.1) is 11.3 Å². The van der Waals surface area contributed by atoms with Crippen LogP contribution in [0.3, 0.4) is 0 Å². The molecule has 0 bridgehead atoms. The molecule has 1 aromatic heterocycles. The van der Waals surface area contributed by atoms with Gasteiger partial charge < -0.3 is 0 Å². The van der Waals surface area contributed by atoms with Crippen molar-refractivity contribution in [1.29, 1.82) is 0 Å². The highest BCUT2D eigenvalue weighted by atomic mass is 35.5. The molecule has 23 heavy (non-hydrogen) atoms. The molecule has 0 N–H and O–H groups in total. The van der Waals surface area contributed by atoms with E-state index in [1.165, 1.54) is 17.6 Å². The molecular weight excluding hydrogens is 371 g/mol. The van der Waals surface area contributed by atoms with Crippen molar-refractivity contribution >= 4 is 44.4 Å². The van der Waals surface area contributed by atoms with E-state index < -0.39 is 9.84 Å². The van der Waals surface area contributed by atoms with Gasteiger partial charge in [0.05, 0.1) is 14.8 Å². The third kappa shape index (κ3) is 3.31. The van der Waals surface area contributed by atoms with E-state index in [0.29, 0.717) is 21.2 Å². The van der Waals surface area contributed by atoms with Crippen molar-refractivity contribution in [2.24, 2.45) is 0 Å². The average molecular weight is 383 g/mol. The summed E-state index contributed by atoms with van der Waals surface area (Å²) < 4.78 is 24.9. The summed E-state index contributed by atoms with van der Waals surface area (Å²) in [4.78, 5) is 1.04. The molecule has 0 saturated carbocycles. The summed E-state index contributed by atoms with van der Waals surface area (Å²) in [7, 11) is -3.45. The van der Waals surface area contributed by atoms with E-state index in [-0.39, 0.29) is 4.90 Å². The van der Waals surface area contributed by atoms with Crippen LogP contribution in [0, 0.1) is 0 Å². The molecule has 2 nitrogen and oxygen atoms in total. The Bertz CT molecular complexity index is 959. The Morgan fingerprint density at radius 1 is 0.913 bits per heavy atom. The average Bonchev–Trinajstić information content (AvgIpc) is 2.92. The quantitative estimate of drug-likeness (QED) is 0.574. The van der Waals surface area contributed by atoms with Crippen molar-refractivity contribution in [2.75, 3.05) is 6.26 Å². The van der Waals surface area contributed by atoms with Crippen LogP contribution in [0.25, 0.3) is 21.6 Å². The smallest absolute Gasteiger partial charge is 0.176 e. The number of halogens is 2. The second-order valence-electron chi connectivity index (χ2n) is 5.06. The highest BCUT2D eigenvalue weighted by Gasteiger charge is 2.22. The van der Waals surface area contributed by atoms with Gasteiger partial charge >= 0.3 is 0 Å². The van der Waals surface area contributed by atoms with Gasteiger partial charge in [-0.25, -0.2) is 8.42 Å². The van der Waals surface area contributed by atoms with Crippen LogP contribution in [0.15, 0.2) is 58.8 Å². The molecule has 3 aromatic rings. The third-order valence-corrected chi connectivity index (χ3v) is 6.21. The molecule has 0 fully saturated rings. The van der Waals surface area contributed by atoms with Gasteiger partial charge in [0.2, 0.25) is 0 Å². The van der Waals surface area contributed by atoms with Crippen molar-refractivity contribution < 1.29 is 8.42 Å². The van der Waals surface area contributed by atoms with Gasteiger partial charge in [0.25, 0.3) is 0 Å². The summed E-state index contributed by atoms with van der Waals surface area (Å²) in [6.45, 7) is 0. The number of hydrogen-bond donors (Lipinski definition) is 0. The fourth-order valence-corrected chi connectivity index (χ4v) is 4.99. The highest BCUT2D eigenvalue weighted by Crippen LogP contribution is 2.41. The largest absolute Gasteiger partial charge is 0.224 e. The molecule has 0 radical (unpaired) electrons. The van der Waals surface area contributed by atoms with Crippen LogP contribution in [0.1, 0.15) is 0 Å². The van der Waals surface area contributed by atoms with E-state index in [1.807, 2.05) is 23.6 Å². The zero-order chi connectivity index (χ0) is 16.6. The Morgan fingerprint density at radius 3 is 2.13 bits per heavy atom. The summed E-state index contributed by atoms with van der Waals surface area (Å²) in [5, 5.41) is 3.00. The topological polar surface area (TPSA) is 34.1 Å². The monoisotopic (exact) mass is 382 g/mol. The fraction of sp³-hybridized carbons (Fsp3) is 0.0588. The molecule has 2 aromatic carbocycles. The van der Waals surface area contributed by atoms with Crippen molar-refractivity contribution in [3.8, 4) is 21.6 Å². The van der Waals surface area contributed by atoms with Crippen LogP contribution >= 0.6 is 34.5 Å². The van der Waals surface area contributed by atoms with Crippen molar-refractivity contribution in [1.82, 2.24) is 0 Å². The van der Waals surface area contributed by atoms with Gasteiger partial charge in [-0.3, -0.25) is 0 Å². The Labute approximate surface area is 149 Å². The molecule has 0 saturated heterocycles. The first-order chi connectivity index (χ1) is 10.9. The van der Waals surface area contributed by atoms with Gasteiger partial charge in [0.1, 0.15) is 0 Å². The SMILES string of the molecule is CS(=O)(=O)c1c(-c2ccc(Cl)cc2)cccc1-c1sccc1Cl. The normalized spacial score (nSPS) is 11.6. The van der Waals surface area contributed by atoms with Gasteiger partial charge in [0, 0.05) is 22.4 Å². The van der Waals surface area contributed by atoms with Crippen LogP contribution in [-0.2, 0) is 9.84 Å². The number of hydrogen-bond acceptors (Lipinski definition) is 3. The molecule has 0 atom stereocenters. The molecule has 0 aliphatic carbocycles. The Morgan fingerprint density at radius 2 is 1.57 bits per heavy atom. The molecule has 0 spiro atoms. The van der Waals surface area contributed by atoms with E-state index in [0.717, 1.165) is 10.4 Å². The highest BCUT2D eigenvalue weighted by molar-refractivity contribution is 7.91. The molecule has 1 heterocycles. The van der Waals surface area contributed by atoms with Gasteiger partial charge in [-0.1, -0.05) is 53.5 Å². The number of sulfone groups is 1. The minimum Gasteiger partial charge on any atom is -0.224 e. The summed E-state index contributed by atoms with van der Waals surface area (Å²) in [5.74, 6) is 0. The lowest BCUT2D eigenvalue weighted by Gasteiger charge is -2.13. The molecule has 118 valence electrons. The predicted molar refractivity (Wildman–Crippen MR) is 98.3 cm³/mol. The van der Waals surface area contributed by atoms with E-state index in [1.54, 1.807) is 30.3 Å². The Balaban J connectivity index is 2.34. The standard InChI is InChI=1S/C17H12Cl2O2S2/c1-23(20,21)17-13(11-5-7-12(18)8-6-11)3-2-4-14(17)16-15(19)9-10-22-16/h2-10H,1H3. The molecule has 3 rings (SSSR count). The van der Waals surface area contributed by atoms with E-state index in [4.69, 9.17) is 23.2 Å². The van der Waals surface area contributed by atoms with E-state index >= 15 is 0 Å². The number of rotatable bonds is 3. The molecular formula is C17H12Cl2O2S2. The lowest BCUT2D eigenvalue weighted by Crippen LogP contribution is -2.02. The van der Waals surface area contributed by atoms with Crippen LogP contribution in [0.5, 0.6) is 0 Å². The Kier molecular flexibility index (Phi) is 4.52. The first-order valence-electron chi connectivity index (χ1n) is 6.70. The number of thiophene rings is 1. The zero-order valence-electron chi connectivity index (χ0n) is 12.1. The fourth-order valence-electron chi connectivity index (χ4n) is 2.46. The first kappa shape index (κ1) is 16.5. The molecule has 0 amide bonds. The van der Waals surface area contributed by atoms with Gasteiger partial charge in [-0.05, 0) is 29.1 Å². The molecule has 0 unspecified atom stereocenters. The lowest BCUT2D eigenvalue weighted by molar-refractivity contribution is 0.602. The zero-order valence-corrected chi connectivity index (χ0v) is 15.2. The lowest BCUT2D eigenvalue weighted by atomic mass is 10.0. The minimum absolute atomic E-state index is 0.284. The maximum Gasteiger partial charge on any atom is 0.176 e. The summed E-state index contributed by atoms with van der Waals surface area (Å²) >= 11 is 13.6. The number of benzene rings is 2. The van der Waals surface area contributed by atoms with Crippen molar-refractivity contribution in [2.45, 2.75) is 4.90 Å². The van der Waals surface area contributed by atoms with E-state index in [9.17, 15) is 8.42 Å². The predicted octanol–water partition coefficient (Wildman–Crippen LogP) is 5.79. The van der Waals surface area contributed by atoms with Gasteiger partial charge in [-0.2, -0.15) is 0 Å². The van der Waals surface area contributed by atoms with Crippen LogP contribution in [-0.4, -0.2) is 14.7 Å². The molecule has 0 aliphatic rings. The van der Waals surface area contributed by atoms with Crippen LogP contribution < -0.4 is 0 Å². The molecule has 6 heteroatoms. The summed E-state index contributed by atoms with van der Waals surface area (Å²) in [6, 6.07) is 14.3. The second kappa shape index (κ2) is 6.29. The Hall–Kier alpha value is -1.33. The van der Waals surface area contributed by atoms with Crippen LogP contribution in [0.4, 0.5) is 0 Å². The maximum atomic E-state index is 12.5. The summed E-state index contributed by atoms with van der Waals surface area (Å²) in [6.07, 6.45) is 1.22. The second-order valence-corrected chi connectivity index (χ2v) is 8.77. The third-order valence-electron chi connectivity index (χ3n) is 3.40. The van der Waals surface area contributed by atoms with Crippen LogP contribution in [0.2, 0.25) is 10.0 Å². The van der Waals surface area contributed by atoms with Crippen molar-refractivity contribution in [3.63, 3.8) is 0 Å². The van der Waals surface area contributed by atoms with E-state index in [2.05, 4.69) is 0 Å². The first-order valence-corrected chi connectivity index (χ1v) is 10.2. The maximum absolute atomic E-state index is 12.5. The van der Waals surface area contributed by atoms with Crippen molar-refractivity contribution in [3.05, 3.63) is 64.0 Å². The minimum atomic E-state index is -3.45. The summed E-state index contributed by atoms with van der Waals surface area (Å²) in [5.41, 5.74) is 2.07. The molecule has 0 aliphatic heterocycles.